The van der Waals surface area contributed by atoms with Crippen LogP contribution in [0.4, 0.5) is 10.5 Å². The molecular formula is C16H19N3O5. The molecule has 1 aromatic rings. The molecule has 4 amide bonds. The van der Waals surface area contributed by atoms with Crippen molar-refractivity contribution in [1.82, 2.24) is 10.2 Å². The van der Waals surface area contributed by atoms with Crippen molar-refractivity contribution in [3.63, 3.8) is 0 Å². The lowest BCUT2D eigenvalue weighted by Gasteiger charge is -2.14. The van der Waals surface area contributed by atoms with Gasteiger partial charge in [-0.15, -0.1) is 0 Å². The lowest BCUT2D eigenvalue weighted by atomic mass is 10.1. The van der Waals surface area contributed by atoms with Gasteiger partial charge in [-0.1, -0.05) is 13.8 Å². The third-order valence-electron chi connectivity index (χ3n) is 3.61. The number of carbonyl (C=O) groups is 4. The Kier molecular flexibility index (Phi) is 5.18. The number of imide groups is 1. The maximum Gasteiger partial charge on any atom is 0.337 e. The van der Waals surface area contributed by atoms with E-state index in [1.807, 2.05) is 13.8 Å². The van der Waals surface area contributed by atoms with Crippen LogP contribution in [0, 0.1) is 5.92 Å². The summed E-state index contributed by atoms with van der Waals surface area (Å²) in [5, 5.41) is 5.13. The molecule has 2 rings (SSSR count). The van der Waals surface area contributed by atoms with Crippen molar-refractivity contribution in [1.29, 1.82) is 0 Å². The Hall–Kier alpha value is -2.90. The van der Waals surface area contributed by atoms with E-state index >= 15 is 0 Å². The van der Waals surface area contributed by atoms with Gasteiger partial charge in [-0.2, -0.15) is 0 Å². The zero-order valence-corrected chi connectivity index (χ0v) is 13.7. The molecule has 0 spiro atoms. The molecule has 128 valence electrons. The van der Waals surface area contributed by atoms with E-state index in [-0.39, 0.29) is 12.5 Å². The van der Waals surface area contributed by atoms with Crippen LogP contribution in [0.1, 0.15) is 24.2 Å². The van der Waals surface area contributed by atoms with E-state index in [0.717, 1.165) is 4.90 Å². The number of anilines is 1. The van der Waals surface area contributed by atoms with Gasteiger partial charge in [0.2, 0.25) is 5.91 Å². The molecule has 8 nitrogen and oxygen atoms in total. The van der Waals surface area contributed by atoms with Crippen molar-refractivity contribution in [3.8, 4) is 0 Å². The maximum atomic E-state index is 12.1. The monoisotopic (exact) mass is 333 g/mol. The third-order valence-corrected chi connectivity index (χ3v) is 3.61. The predicted molar refractivity (Wildman–Crippen MR) is 85.3 cm³/mol. The second kappa shape index (κ2) is 7.12. The van der Waals surface area contributed by atoms with Crippen molar-refractivity contribution in [2.24, 2.45) is 5.92 Å². The van der Waals surface area contributed by atoms with Gasteiger partial charge in [-0.3, -0.25) is 14.5 Å². The Morgan fingerprint density at radius 3 is 2.38 bits per heavy atom. The lowest BCUT2D eigenvalue weighted by Crippen LogP contribution is -2.39. The third kappa shape index (κ3) is 3.70. The Morgan fingerprint density at radius 2 is 1.88 bits per heavy atom. The van der Waals surface area contributed by atoms with Crippen LogP contribution in [0.25, 0.3) is 0 Å². The van der Waals surface area contributed by atoms with E-state index in [0.29, 0.717) is 11.3 Å². The highest BCUT2D eigenvalue weighted by Gasteiger charge is 2.40. The molecule has 0 unspecified atom stereocenters. The summed E-state index contributed by atoms with van der Waals surface area (Å²) in [5.41, 5.74) is 0.796. The van der Waals surface area contributed by atoms with E-state index in [1.165, 1.54) is 31.4 Å². The number of rotatable bonds is 5. The van der Waals surface area contributed by atoms with Crippen LogP contribution < -0.4 is 10.6 Å². The van der Waals surface area contributed by atoms with Crippen molar-refractivity contribution in [2.45, 2.75) is 19.9 Å². The Bertz CT molecular complexity index is 669. The minimum absolute atomic E-state index is 0.0552. The van der Waals surface area contributed by atoms with Gasteiger partial charge in [-0.25, -0.2) is 9.59 Å². The summed E-state index contributed by atoms with van der Waals surface area (Å²) >= 11 is 0. The molecule has 0 radical (unpaired) electrons. The van der Waals surface area contributed by atoms with Crippen LogP contribution in [-0.2, 0) is 14.3 Å². The molecule has 1 aliphatic rings. The van der Waals surface area contributed by atoms with Crippen LogP contribution in [0.3, 0.4) is 0 Å². The number of carbonyl (C=O) groups excluding carboxylic acids is 4. The summed E-state index contributed by atoms with van der Waals surface area (Å²) in [6.45, 7) is 3.26. The van der Waals surface area contributed by atoms with Gasteiger partial charge in [0.25, 0.3) is 5.91 Å². The summed E-state index contributed by atoms with van der Waals surface area (Å²) in [6, 6.07) is 4.90. The first-order valence-electron chi connectivity index (χ1n) is 7.43. The summed E-state index contributed by atoms with van der Waals surface area (Å²) in [5.74, 6) is -1.45. The van der Waals surface area contributed by atoms with Gasteiger partial charge in [0.1, 0.15) is 12.6 Å². The summed E-state index contributed by atoms with van der Waals surface area (Å²) in [6.07, 6.45) is 0. The van der Waals surface area contributed by atoms with Gasteiger partial charge in [-0.05, 0) is 30.2 Å². The molecule has 8 heteroatoms. The van der Waals surface area contributed by atoms with E-state index < -0.39 is 29.9 Å². The average Bonchev–Trinajstić information content (AvgIpc) is 2.83. The average molecular weight is 333 g/mol. The molecule has 1 aromatic carbocycles. The highest BCUT2D eigenvalue weighted by molar-refractivity contribution is 6.08. The molecule has 0 saturated carbocycles. The predicted octanol–water partition coefficient (Wildman–Crippen LogP) is 0.988. The lowest BCUT2D eigenvalue weighted by molar-refractivity contribution is -0.131. The van der Waals surface area contributed by atoms with Crippen LogP contribution in [0.5, 0.6) is 0 Å². The fraction of sp³-hybridized carbons (Fsp3) is 0.375. The van der Waals surface area contributed by atoms with E-state index in [9.17, 15) is 19.2 Å². The van der Waals surface area contributed by atoms with Crippen molar-refractivity contribution in [2.75, 3.05) is 19.0 Å². The first-order valence-corrected chi connectivity index (χ1v) is 7.43. The van der Waals surface area contributed by atoms with Crippen LogP contribution in [0.2, 0.25) is 0 Å². The number of urea groups is 1. The number of hydrogen-bond acceptors (Lipinski definition) is 5. The van der Waals surface area contributed by atoms with Gasteiger partial charge in [0.15, 0.2) is 0 Å². The number of methoxy groups -OCH3 is 1. The molecule has 0 aliphatic carbocycles. The first-order chi connectivity index (χ1) is 11.3. The Labute approximate surface area is 139 Å². The van der Waals surface area contributed by atoms with Crippen LogP contribution in [-0.4, -0.2) is 48.4 Å². The van der Waals surface area contributed by atoms with Crippen LogP contribution in [0.15, 0.2) is 24.3 Å². The van der Waals surface area contributed by atoms with Gasteiger partial charge >= 0.3 is 12.0 Å². The number of esters is 1. The van der Waals surface area contributed by atoms with E-state index in [2.05, 4.69) is 15.4 Å². The Balaban J connectivity index is 1.97. The molecular weight excluding hydrogens is 314 g/mol. The molecule has 1 heterocycles. The molecule has 0 bridgehead atoms. The molecule has 1 atom stereocenters. The van der Waals surface area contributed by atoms with Crippen molar-refractivity contribution >= 4 is 29.5 Å². The zero-order valence-electron chi connectivity index (χ0n) is 13.7. The molecule has 1 aliphatic heterocycles. The topological polar surface area (TPSA) is 105 Å². The van der Waals surface area contributed by atoms with Gasteiger partial charge in [0, 0.05) is 5.69 Å². The van der Waals surface area contributed by atoms with Crippen molar-refractivity contribution in [3.05, 3.63) is 29.8 Å². The minimum atomic E-state index is -0.607. The molecule has 24 heavy (non-hydrogen) atoms. The standard InChI is InChI=1S/C16H19N3O5/c1-9(2)13-14(21)19(16(23)18-13)8-12(20)17-11-6-4-10(5-7-11)15(22)24-3/h4-7,9,13H,8H2,1-3H3,(H,17,20)(H,18,23)/t13-/m0/s1. The fourth-order valence-corrected chi connectivity index (χ4v) is 2.29. The number of benzene rings is 1. The molecule has 1 saturated heterocycles. The van der Waals surface area contributed by atoms with Gasteiger partial charge < -0.3 is 15.4 Å². The van der Waals surface area contributed by atoms with E-state index in [4.69, 9.17) is 0 Å². The SMILES string of the molecule is COC(=O)c1ccc(NC(=O)CN2C(=O)N[C@@H](C(C)C)C2=O)cc1. The molecule has 1 fully saturated rings. The van der Waals surface area contributed by atoms with Gasteiger partial charge in [0.05, 0.1) is 12.7 Å². The smallest absolute Gasteiger partial charge is 0.337 e. The number of amides is 4. The van der Waals surface area contributed by atoms with E-state index in [1.54, 1.807) is 0 Å². The minimum Gasteiger partial charge on any atom is -0.465 e. The Morgan fingerprint density at radius 1 is 1.25 bits per heavy atom. The van der Waals surface area contributed by atoms with Crippen molar-refractivity contribution < 1.29 is 23.9 Å². The summed E-state index contributed by atoms with van der Waals surface area (Å²) in [7, 11) is 1.28. The quantitative estimate of drug-likeness (QED) is 0.617. The number of nitrogens with zero attached hydrogens (tertiary/aromatic N) is 1. The molecule has 2 N–H and O–H groups in total. The highest BCUT2D eigenvalue weighted by Crippen LogP contribution is 2.14. The first kappa shape index (κ1) is 17.5. The largest absolute Gasteiger partial charge is 0.465 e. The summed E-state index contributed by atoms with van der Waals surface area (Å²) in [4.78, 5) is 48.2. The molecule has 0 aromatic heterocycles. The second-order valence-electron chi connectivity index (χ2n) is 5.71. The normalized spacial score (nSPS) is 17.0. The second-order valence-corrected chi connectivity index (χ2v) is 5.71. The highest BCUT2D eigenvalue weighted by atomic mass is 16.5. The number of nitrogens with one attached hydrogen (secondary N) is 2. The maximum absolute atomic E-state index is 12.1. The zero-order chi connectivity index (χ0) is 17.9. The fourth-order valence-electron chi connectivity index (χ4n) is 2.29. The summed E-state index contributed by atoms with van der Waals surface area (Å²) < 4.78 is 4.58. The number of ether oxygens (including phenoxy) is 1. The van der Waals surface area contributed by atoms with Crippen LogP contribution >= 0.6 is 0 Å². The number of hydrogen-bond donors (Lipinski definition) is 2.